The van der Waals surface area contributed by atoms with E-state index in [0.29, 0.717) is 17.4 Å². The van der Waals surface area contributed by atoms with Gasteiger partial charge in [-0.2, -0.15) is 5.10 Å². The summed E-state index contributed by atoms with van der Waals surface area (Å²) in [5, 5.41) is 8.40. The van der Waals surface area contributed by atoms with Crippen molar-refractivity contribution in [2.75, 3.05) is 7.11 Å². The summed E-state index contributed by atoms with van der Waals surface area (Å²) in [7, 11) is 1.42. The van der Waals surface area contributed by atoms with E-state index in [4.69, 9.17) is 4.74 Å². The number of hydrogen-bond donors (Lipinski definition) is 1. The van der Waals surface area contributed by atoms with Crippen molar-refractivity contribution >= 4 is 28.0 Å². The Balaban J connectivity index is 1.60. The first-order chi connectivity index (χ1) is 15.6. The predicted molar refractivity (Wildman–Crippen MR) is 127 cm³/mol. The highest BCUT2D eigenvalue weighted by Crippen LogP contribution is 2.58. The number of nitrogens with zero attached hydrogens (tertiary/aromatic N) is 1. The van der Waals surface area contributed by atoms with Crippen molar-refractivity contribution in [3.05, 3.63) is 77.5 Å². The Kier molecular flexibility index (Phi) is 4.56. The fourth-order valence-corrected chi connectivity index (χ4v) is 6.87. The minimum Gasteiger partial charge on any atom is -0.465 e. The molecule has 162 valence electrons. The van der Waals surface area contributed by atoms with Crippen LogP contribution in [0.4, 0.5) is 0 Å². The molecule has 1 heterocycles. The van der Waals surface area contributed by atoms with E-state index in [0.717, 1.165) is 33.9 Å². The molecule has 4 aliphatic rings. The normalized spacial score (nSPS) is 25.8. The van der Waals surface area contributed by atoms with Gasteiger partial charge >= 0.3 is 5.97 Å². The first-order valence-corrected chi connectivity index (χ1v) is 11.7. The molecule has 4 saturated carbocycles. The highest BCUT2D eigenvalue weighted by Gasteiger charge is 2.46. The maximum Gasteiger partial charge on any atom is 0.337 e. The van der Waals surface area contributed by atoms with Gasteiger partial charge in [0.25, 0.3) is 0 Å². The zero-order valence-corrected chi connectivity index (χ0v) is 18.4. The van der Waals surface area contributed by atoms with Crippen LogP contribution >= 0.6 is 0 Å². The number of rotatable bonds is 4. The Bertz CT molecular complexity index is 1240. The number of hydrogen-bond acceptors (Lipinski definition) is 3. The summed E-state index contributed by atoms with van der Waals surface area (Å²) in [6.45, 7) is 4.10. The molecule has 1 aromatic heterocycles. The number of allylic oxidation sites excluding steroid dienone is 1. The molecule has 2 aromatic carbocycles. The smallest absolute Gasteiger partial charge is 0.337 e. The fraction of sp³-hybridized carbons (Fsp3) is 0.357. The molecule has 1 N–H and O–H groups in total. The Hall–Kier alpha value is -3.14. The van der Waals surface area contributed by atoms with Gasteiger partial charge in [-0.25, -0.2) is 4.79 Å². The van der Waals surface area contributed by atoms with Gasteiger partial charge in [0.15, 0.2) is 0 Å². The molecule has 7 rings (SSSR count). The van der Waals surface area contributed by atoms with Gasteiger partial charge in [-0.15, -0.1) is 0 Å². The molecular weight excluding hydrogens is 396 g/mol. The average molecular weight is 425 g/mol. The number of benzene rings is 2. The Labute approximate surface area is 188 Å². The summed E-state index contributed by atoms with van der Waals surface area (Å²) in [4.78, 5) is 12.4. The summed E-state index contributed by atoms with van der Waals surface area (Å²) < 4.78 is 5.03. The van der Waals surface area contributed by atoms with Crippen molar-refractivity contribution in [1.29, 1.82) is 0 Å². The van der Waals surface area contributed by atoms with E-state index in [-0.39, 0.29) is 5.97 Å². The number of aromatic amines is 1. The molecule has 0 aliphatic heterocycles. The summed E-state index contributed by atoms with van der Waals surface area (Å²) >= 11 is 0. The molecule has 3 aromatic rings. The lowest BCUT2D eigenvalue weighted by atomic mass is 9.53. The first-order valence-electron chi connectivity index (χ1n) is 11.7. The second-order valence-electron chi connectivity index (χ2n) is 9.82. The van der Waals surface area contributed by atoms with E-state index in [1.165, 1.54) is 50.4 Å². The van der Waals surface area contributed by atoms with E-state index < -0.39 is 0 Å². The van der Waals surface area contributed by atoms with E-state index in [1.807, 2.05) is 18.3 Å². The van der Waals surface area contributed by atoms with Crippen molar-refractivity contribution in [1.82, 2.24) is 10.2 Å². The first kappa shape index (κ1) is 19.5. The average Bonchev–Trinajstić information content (AvgIpc) is 3.28. The summed E-state index contributed by atoms with van der Waals surface area (Å²) in [6, 6.07) is 14.8. The van der Waals surface area contributed by atoms with Crippen molar-refractivity contribution in [3.8, 4) is 0 Å². The molecule has 4 bridgehead atoms. The van der Waals surface area contributed by atoms with Crippen LogP contribution in [-0.4, -0.2) is 23.3 Å². The molecule has 0 saturated heterocycles. The van der Waals surface area contributed by atoms with Crippen LogP contribution in [0.15, 0.2) is 60.8 Å². The van der Waals surface area contributed by atoms with Crippen LogP contribution < -0.4 is 0 Å². The lowest BCUT2D eigenvalue weighted by Gasteiger charge is -2.52. The van der Waals surface area contributed by atoms with Gasteiger partial charge < -0.3 is 4.74 Å². The van der Waals surface area contributed by atoms with Crippen LogP contribution in [0.5, 0.6) is 0 Å². The number of carbonyl (C=O) groups is 1. The maximum absolute atomic E-state index is 12.4. The van der Waals surface area contributed by atoms with Crippen LogP contribution in [0.3, 0.4) is 0 Å². The molecule has 0 radical (unpaired) electrons. The van der Waals surface area contributed by atoms with Gasteiger partial charge in [0.2, 0.25) is 0 Å². The molecule has 4 nitrogen and oxygen atoms in total. The quantitative estimate of drug-likeness (QED) is 0.412. The molecule has 0 amide bonds. The molecular formula is C28H28N2O2. The van der Waals surface area contributed by atoms with E-state index in [9.17, 15) is 4.79 Å². The van der Waals surface area contributed by atoms with Gasteiger partial charge in [0.1, 0.15) is 0 Å². The van der Waals surface area contributed by atoms with Gasteiger partial charge in [0.05, 0.1) is 24.4 Å². The number of esters is 1. The monoisotopic (exact) mass is 424 g/mol. The standard InChI is InChI=1S/C28H28N2O2/c1-16(28(31)32-2)23-5-3-4-6-24(23)27(19-7-8-25-22(14-19)15-29-30-25)26-20-10-17-9-18(12-20)13-21(26)11-17/h3-8,14-15,17-18,20-21H,1,9-13H2,2H3,(H,29,30)/t17?,18?,20-,21-. The largest absolute Gasteiger partial charge is 0.465 e. The molecule has 4 aliphatic carbocycles. The van der Waals surface area contributed by atoms with E-state index in [1.54, 1.807) is 5.57 Å². The molecule has 0 unspecified atom stereocenters. The third kappa shape index (κ3) is 3.04. The maximum atomic E-state index is 12.4. The second kappa shape index (κ2) is 7.47. The van der Waals surface area contributed by atoms with Crippen molar-refractivity contribution in [2.45, 2.75) is 32.1 Å². The number of nitrogens with one attached hydrogen (secondary N) is 1. The van der Waals surface area contributed by atoms with Gasteiger partial charge in [-0.1, -0.05) is 42.5 Å². The number of carbonyl (C=O) groups excluding carboxylic acids is 1. The summed E-state index contributed by atoms with van der Waals surface area (Å²) in [5.41, 5.74) is 7.50. The Morgan fingerprint density at radius 1 is 1.00 bits per heavy atom. The number of H-pyrrole nitrogens is 1. The molecule has 4 fully saturated rings. The van der Waals surface area contributed by atoms with Crippen LogP contribution in [0.25, 0.3) is 22.0 Å². The topological polar surface area (TPSA) is 55.0 Å². The van der Waals surface area contributed by atoms with Crippen LogP contribution in [0, 0.1) is 23.7 Å². The Morgan fingerprint density at radius 2 is 1.69 bits per heavy atom. The Morgan fingerprint density at radius 3 is 2.38 bits per heavy atom. The summed E-state index contributed by atoms with van der Waals surface area (Å²) in [5.74, 6) is 2.68. The van der Waals surface area contributed by atoms with Gasteiger partial charge in [-0.3, -0.25) is 5.10 Å². The van der Waals surface area contributed by atoms with Crippen molar-refractivity contribution in [3.63, 3.8) is 0 Å². The predicted octanol–water partition coefficient (Wildman–Crippen LogP) is 6.01. The minimum absolute atomic E-state index is 0.378. The second-order valence-corrected chi connectivity index (χ2v) is 9.82. The molecule has 32 heavy (non-hydrogen) atoms. The van der Waals surface area contributed by atoms with Gasteiger partial charge in [-0.05, 0) is 90.2 Å². The highest BCUT2D eigenvalue weighted by atomic mass is 16.5. The van der Waals surface area contributed by atoms with Gasteiger partial charge in [0, 0.05) is 5.39 Å². The number of ether oxygens (including phenoxy) is 1. The fourth-order valence-electron chi connectivity index (χ4n) is 6.87. The highest BCUT2D eigenvalue weighted by molar-refractivity contribution is 6.17. The van der Waals surface area contributed by atoms with Crippen molar-refractivity contribution < 1.29 is 9.53 Å². The molecule has 0 atom stereocenters. The van der Waals surface area contributed by atoms with E-state index >= 15 is 0 Å². The van der Waals surface area contributed by atoms with Crippen LogP contribution in [0.1, 0.15) is 48.8 Å². The molecule has 4 heteroatoms. The van der Waals surface area contributed by atoms with Crippen LogP contribution in [0.2, 0.25) is 0 Å². The van der Waals surface area contributed by atoms with E-state index in [2.05, 4.69) is 47.1 Å². The third-order valence-corrected chi connectivity index (χ3v) is 7.99. The lowest BCUT2D eigenvalue weighted by Crippen LogP contribution is -2.40. The number of aromatic nitrogens is 2. The number of methoxy groups -OCH3 is 1. The SMILES string of the molecule is C=C(C(=O)OC)c1ccccc1C(c1ccc2[nH]ncc2c1)=C1[C@H]2CC3CC(C2)C[C@@H]1C3. The third-order valence-electron chi connectivity index (χ3n) is 7.99. The summed E-state index contributed by atoms with van der Waals surface area (Å²) in [6.07, 6.45) is 8.53. The minimum atomic E-state index is -0.378. The molecule has 0 spiro atoms. The number of fused-ring (bicyclic) bond motifs is 1. The van der Waals surface area contributed by atoms with Crippen molar-refractivity contribution in [2.24, 2.45) is 23.7 Å². The van der Waals surface area contributed by atoms with Crippen LogP contribution in [-0.2, 0) is 9.53 Å². The zero-order chi connectivity index (χ0) is 21.8. The lowest BCUT2D eigenvalue weighted by molar-refractivity contribution is -0.133. The zero-order valence-electron chi connectivity index (χ0n) is 18.4.